The van der Waals surface area contributed by atoms with Crippen molar-refractivity contribution in [2.24, 2.45) is 5.92 Å². The molecule has 16 heavy (non-hydrogen) atoms. The third-order valence-corrected chi connectivity index (χ3v) is 5.51. The highest BCUT2D eigenvalue weighted by Crippen LogP contribution is 2.20. The Morgan fingerprint density at radius 1 is 1.44 bits per heavy atom. The van der Waals surface area contributed by atoms with Gasteiger partial charge in [0.25, 0.3) is 0 Å². The molecule has 1 atom stereocenters. The number of likely N-dealkylation sites (tertiary alicyclic amines) is 1. The summed E-state index contributed by atoms with van der Waals surface area (Å²) in [6, 6.07) is 0. The van der Waals surface area contributed by atoms with Crippen LogP contribution in [0.4, 0.5) is 0 Å². The van der Waals surface area contributed by atoms with Crippen molar-refractivity contribution in [3.63, 3.8) is 0 Å². The van der Waals surface area contributed by atoms with Gasteiger partial charge in [-0.2, -0.15) is 0 Å². The highest BCUT2D eigenvalue weighted by Gasteiger charge is 2.21. The molecule has 3 nitrogen and oxygen atoms in total. The first kappa shape index (κ1) is 14.5. The smallest absolute Gasteiger partial charge is 0.150 e. The molecule has 0 aromatic rings. The Hall–Kier alpha value is 0.390. The molecule has 0 aliphatic carbocycles. The van der Waals surface area contributed by atoms with Gasteiger partial charge >= 0.3 is 0 Å². The number of hydrogen-bond acceptors (Lipinski definition) is 3. The average Bonchev–Trinajstić information content (AvgIpc) is 2.66. The van der Waals surface area contributed by atoms with Crippen molar-refractivity contribution in [3.8, 4) is 0 Å². The molecule has 1 aliphatic rings. The largest absolute Gasteiger partial charge is 0.303 e. The number of alkyl halides is 1. The SMILES string of the molecule is CCS(=O)(=O)CCCN1CCC(CCBr)C1. The van der Waals surface area contributed by atoms with Gasteiger partial charge in [-0.15, -0.1) is 0 Å². The van der Waals surface area contributed by atoms with Gasteiger partial charge in [-0.1, -0.05) is 22.9 Å². The number of rotatable bonds is 7. The maximum atomic E-state index is 11.3. The van der Waals surface area contributed by atoms with Crippen molar-refractivity contribution in [1.82, 2.24) is 4.90 Å². The van der Waals surface area contributed by atoms with Gasteiger partial charge in [-0.05, 0) is 38.3 Å². The molecule has 0 amide bonds. The predicted molar refractivity (Wildman–Crippen MR) is 71.9 cm³/mol. The van der Waals surface area contributed by atoms with Crippen molar-refractivity contribution in [1.29, 1.82) is 0 Å². The van der Waals surface area contributed by atoms with Crippen LogP contribution >= 0.6 is 15.9 Å². The summed E-state index contributed by atoms with van der Waals surface area (Å²) in [7, 11) is -2.77. The van der Waals surface area contributed by atoms with Gasteiger partial charge in [-0.3, -0.25) is 0 Å². The molecule has 0 saturated carbocycles. The van der Waals surface area contributed by atoms with E-state index in [9.17, 15) is 8.42 Å². The fourth-order valence-electron chi connectivity index (χ4n) is 2.16. The highest BCUT2D eigenvalue weighted by atomic mass is 79.9. The van der Waals surface area contributed by atoms with Gasteiger partial charge in [0.05, 0.1) is 5.75 Å². The first-order valence-electron chi connectivity index (χ1n) is 6.06. The van der Waals surface area contributed by atoms with Crippen molar-refractivity contribution in [2.75, 3.05) is 36.5 Å². The van der Waals surface area contributed by atoms with Crippen LogP contribution in [0.1, 0.15) is 26.2 Å². The number of sulfone groups is 1. The molecule has 96 valence electrons. The standard InChI is InChI=1S/C11H22BrNO2S/c1-2-16(14,15)9-3-7-13-8-5-11(10-13)4-6-12/h11H,2-10H2,1H3. The molecule has 1 aliphatic heterocycles. The van der Waals surface area contributed by atoms with Crippen LogP contribution < -0.4 is 0 Å². The van der Waals surface area contributed by atoms with Crippen LogP contribution in [-0.4, -0.2) is 49.8 Å². The summed E-state index contributed by atoms with van der Waals surface area (Å²) in [5, 5.41) is 1.08. The topological polar surface area (TPSA) is 37.4 Å². The van der Waals surface area contributed by atoms with Crippen LogP contribution in [0.15, 0.2) is 0 Å². The summed E-state index contributed by atoms with van der Waals surface area (Å²) in [6.07, 6.45) is 3.30. The van der Waals surface area contributed by atoms with E-state index in [1.54, 1.807) is 6.92 Å². The summed E-state index contributed by atoms with van der Waals surface area (Å²) < 4.78 is 22.6. The van der Waals surface area contributed by atoms with Crippen LogP contribution in [0.3, 0.4) is 0 Å². The van der Waals surface area contributed by atoms with Crippen molar-refractivity contribution in [2.45, 2.75) is 26.2 Å². The summed E-state index contributed by atoms with van der Waals surface area (Å²) >= 11 is 3.47. The van der Waals surface area contributed by atoms with E-state index in [2.05, 4.69) is 20.8 Å². The second-order valence-corrected chi connectivity index (χ2v) is 7.79. The lowest BCUT2D eigenvalue weighted by Gasteiger charge is -2.15. The summed E-state index contributed by atoms with van der Waals surface area (Å²) in [4.78, 5) is 2.40. The van der Waals surface area contributed by atoms with E-state index in [4.69, 9.17) is 0 Å². The normalized spacial score (nSPS) is 22.8. The van der Waals surface area contributed by atoms with Gasteiger partial charge < -0.3 is 4.90 Å². The maximum absolute atomic E-state index is 11.3. The number of hydrogen-bond donors (Lipinski definition) is 0. The molecule has 0 spiro atoms. The van der Waals surface area contributed by atoms with E-state index < -0.39 is 9.84 Å². The van der Waals surface area contributed by atoms with Crippen LogP contribution in [-0.2, 0) is 9.84 Å². The third kappa shape index (κ3) is 5.15. The Kier molecular flexibility index (Phi) is 6.29. The molecular formula is C11H22BrNO2S. The lowest BCUT2D eigenvalue weighted by atomic mass is 10.1. The van der Waals surface area contributed by atoms with Crippen LogP contribution in [0.2, 0.25) is 0 Å². The molecule has 0 aromatic heterocycles. The van der Waals surface area contributed by atoms with Crippen LogP contribution in [0, 0.1) is 5.92 Å². The molecule has 1 heterocycles. The quantitative estimate of drug-likeness (QED) is 0.674. The molecule has 0 radical (unpaired) electrons. The Labute approximate surface area is 108 Å². The molecule has 0 bridgehead atoms. The molecule has 1 rings (SSSR count). The first-order valence-corrected chi connectivity index (χ1v) is 9.00. The molecular weight excluding hydrogens is 290 g/mol. The minimum atomic E-state index is -2.77. The Morgan fingerprint density at radius 3 is 2.81 bits per heavy atom. The zero-order valence-electron chi connectivity index (χ0n) is 9.99. The van der Waals surface area contributed by atoms with Crippen LogP contribution in [0.25, 0.3) is 0 Å². The van der Waals surface area contributed by atoms with E-state index in [1.807, 2.05) is 0 Å². The highest BCUT2D eigenvalue weighted by molar-refractivity contribution is 9.09. The van der Waals surface area contributed by atoms with E-state index >= 15 is 0 Å². The van der Waals surface area contributed by atoms with Gasteiger partial charge in [0.1, 0.15) is 9.84 Å². The summed E-state index contributed by atoms with van der Waals surface area (Å²) in [5.74, 6) is 1.43. The second-order valence-electron chi connectivity index (χ2n) is 4.52. The number of nitrogens with zero attached hydrogens (tertiary/aromatic N) is 1. The summed E-state index contributed by atoms with van der Waals surface area (Å²) in [6.45, 7) is 4.96. The fourth-order valence-corrected chi connectivity index (χ4v) is 3.66. The molecule has 1 unspecified atom stereocenters. The Bertz CT molecular complexity index is 292. The van der Waals surface area contributed by atoms with Crippen LogP contribution in [0.5, 0.6) is 0 Å². The predicted octanol–water partition coefficient (Wildman–Crippen LogP) is 1.92. The van der Waals surface area contributed by atoms with Crippen molar-refractivity contribution >= 4 is 25.8 Å². The van der Waals surface area contributed by atoms with Gasteiger partial charge in [0, 0.05) is 17.6 Å². The monoisotopic (exact) mass is 311 g/mol. The van der Waals surface area contributed by atoms with Crippen molar-refractivity contribution in [3.05, 3.63) is 0 Å². The van der Waals surface area contributed by atoms with Gasteiger partial charge in [-0.25, -0.2) is 8.42 Å². The molecule has 1 saturated heterocycles. The van der Waals surface area contributed by atoms with E-state index in [1.165, 1.54) is 12.8 Å². The minimum Gasteiger partial charge on any atom is -0.303 e. The fraction of sp³-hybridized carbons (Fsp3) is 1.00. The van der Waals surface area contributed by atoms with E-state index in [0.29, 0.717) is 5.75 Å². The Morgan fingerprint density at radius 2 is 2.19 bits per heavy atom. The zero-order chi connectivity index (χ0) is 12.0. The third-order valence-electron chi connectivity index (χ3n) is 3.26. The average molecular weight is 312 g/mol. The van der Waals surface area contributed by atoms with E-state index in [-0.39, 0.29) is 5.75 Å². The van der Waals surface area contributed by atoms with E-state index in [0.717, 1.165) is 37.3 Å². The minimum absolute atomic E-state index is 0.277. The lowest BCUT2D eigenvalue weighted by Crippen LogP contribution is -2.24. The molecule has 1 fully saturated rings. The lowest BCUT2D eigenvalue weighted by molar-refractivity contribution is 0.324. The molecule has 0 aromatic carbocycles. The summed E-state index contributed by atoms with van der Waals surface area (Å²) in [5.41, 5.74) is 0. The van der Waals surface area contributed by atoms with Gasteiger partial charge in [0.2, 0.25) is 0 Å². The molecule has 0 N–H and O–H groups in total. The second kappa shape index (κ2) is 6.97. The first-order chi connectivity index (χ1) is 7.57. The molecule has 5 heteroatoms. The Balaban J connectivity index is 2.16. The van der Waals surface area contributed by atoms with Crippen molar-refractivity contribution < 1.29 is 8.42 Å². The van der Waals surface area contributed by atoms with Gasteiger partial charge in [0.15, 0.2) is 0 Å². The zero-order valence-corrected chi connectivity index (χ0v) is 12.4. The maximum Gasteiger partial charge on any atom is 0.150 e. The number of halogens is 1.